The van der Waals surface area contributed by atoms with Gasteiger partial charge in [0.05, 0.1) is 17.5 Å². The lowest BCUT2D eigenvalue weighted by atomic mass is 10.2. The number of nitrogens with one attached hydrogen (secondary N) is 1. The van der Waals surface area contributed by atoms with E-state index in [0.717, 1.165) is 22.2 Å². The predicted octanol–water partition coefficient (Wildman–Crippen LogP) is 2.21. The number of sulfonamides is 1. The first-order valence-corrected chi connectivity index (χ1v) is 9.09. The number of nitrogens with zero attached hydrogens (tertiary/aromatic N) is 2. The SMILES string of the molecule is COc1ccc2c(NCc3ccc(S(N)(=O)=O)cc3)nc(C)nc2c1. The Kier molecular flexibility index (Phi) is 4.56. The van der Waals surface area contributed by atoms with Crippen LogP contribution < -0.4 is 15.2 Å². The van der Waals surface area contributed by atoms with Crippen LogP contribution in [0.5, 0.6) is 5.75 Å². The highest BCUT2D eigenvalue weighted by molar-refractivity contribution is 7.89. The number of methoxy groups -OCH3 is 1. The van der Waals surface area contributed by atoms with E-state index in [1.165, 1.54) is 12.1 Å². The molecule has 1 aromatic heterocycles. The molecule has 0 aliphatic carbocycles. The molecule has 0 fully saturated rings. The number of primary sulfonamides is 1. The Hall–Kier alpha value is -2.71. The van der Waals surface area contributed by atoms with Crippen molar-refractivity contribution in [2.75, 3.05) is 12.4 Å². The van der Waals surface area contributed by atoms with Crippen molar-refractivity contribution in [3.8, 4) is 5.75 Å². The minimum absolute atomic E-state index is 0.0895. The maximum atomic E-state index is 11.3. The molecular formula is C17H18N4O3S. The molecule has 2 aromatic carbocycles. The van der Waals surface area contributed by atoms with Gasteiger partial charge in [-0.25, -0.2) is 23.5 Å². The van der Waals surface area contributed by atoms with Crippen LogP contribution in [-0.2, 0) is 16.6 Å². The van der Waals surface area contributed by atoms with Crippen molar-refractivity contribution in [3.63, 3.8) is 0 Å². The second kappa shape index (κ2) is 6.66. The average Bonchev–Trinajstić information content (AvgIpc) is 2.58. The summed E-state index contributed by atoms with van der Waals surface area (Å²) in [4.78, 5) is 8.97. The molecular weight excluding hydrogens is 340 g/mol. The number of anilines is 1. The quantitative estimate of drug-likeness (QED) is 0.724. The lowest BCUT2D eigenvalue weighted by molar-refractivity contribution is 0.415. The first-order chi connectivity index (χ1) is 11.9. The molecule has 0 radical (unpaired) electrons. The molecule has 0 amide bonds. The van der Waals surface area contributed by atoms with Crippen LogP contribution in [0.4, 0.5) is 5.82 Å². The summed E-state index contributed by atoms with van der Waals surface area (Å²) < 4.78 is 27.8. The summed E-state index contributed by atoms with van der Waals surface area (Å²) in [6.07, 6.45) is 0. The molecule has 3 N–H and O–H groups in total. The third kappa shape index (κ3) is 3.86. The fourth-order valence-corrected chi connectivity index (χ4v) is 2.99. The Morgan fingerprint density at radius 1 is 1.12 bits per heavy atom. The first kappa shape index (κ1) is 17.1. The zero-order valence-corrected chi connectivity index (χ0v) is 14.7. The van der Waals surface area contributed by atoms with Gasteiger partial charge in [0.15, 0.2) is 0 Å². The number of ether oxygens (including phenoxy) is 1. The van der Waals surface area contributed by atoms with Gasteiger partial charge < -0.3 is 10.1 Å². The summed E-state index contributed by atoms with van der Waals surface area (Å²) in [5, 5.41) is 9.25. The number of fused-ring (bicyclic) bond motifs is 1. The smallest absolute Gasteiger partial charge is 0.238 e. The Labute approximate surface area is 145 Å². The van der Waals surface area contributed by atoms with Crippen molar-refractivity contribution in [2.45, 2.75) is 18.4 Å². The molecule has 0 aliphatic heterocycles. The van der Waals surface area contributed by atoms with Gasteiger partial charge in [0.1, 0.15) is 17.4 Å². The van der Waals surface area contributed by atoms with Gasteiger partial charge in [0.25, 0.3) is 0 Å². The van der Waals surface area contributed by atoms with E-state index in [-0.39, 0.29) is 4.90 Å². The molecule has 8 heteroatoms. The van der Waals surface area contributed by atoms with E-state index in [9.17, 15) is 8.42 Å². The van der Waals surface area contributed by atoms with Gasteiger partial charge in [-0.05, 0) is 36.8 Å². The van der Waals surface area contributed by atoms with E-state index in [4.69, 9.17) is 9.88 Å². The number of hydrogen-bond acceptors (Lipinski definition) is 6. The molecule has 0 saturated heterocycles. The van der Waals surface area contributed by atoms with Crippen LogP contribution in [0.25, 0.3) is 10.9 Å². The van der Waals surface area contributed by atoms with Crippen LogP contribution in [0.3, 0.4) is 0 Å². The van der Waals surface area contributed by atoms with E-state index in [2.05, 4.69) is 15.3 Å². The van der Waals surface area contributed by atoms with Gasteiger partial charge in [0, 0.05) is 18.0 Å². The predicted molar refractivity (Wildman–Crippen MR) is 96.0 cm³/mol. The molecule has 7 nitrogen and oxygen atoms in total. The lowest BCUT2D eigenvalue weighted by Gasteiger charge is -2.11. The Morgan fingerprint density at radius 3 is 2.48 bits per heavy atom. The van der Waals surface area contributed by atoms with E-state index in [0.29, 0.717) is 18.2 Å². The third-order valence-electron chi connectivity index (χ3n) is 3.73. The van der Waals surface area contributed by atoms with E-state index >= 15 is 0 Å². The van der Waals surface area contributed by atoms with Crippen LogP contribution in [0.1, 0.15) is 11.4 Å². The summed E-state index contributed by atoms with van der Waals surface area (Å²) in [7, 11) is -2.07. The van der Waals surface area contributed by atoms with E-state index < -0.39 is 10.0 Å². The Morgan fingerprint density at radius 2 is 1.84 bits per heavy atom. The molecule has 0 saturated carbocycles. The van der Waals surface area contributed by atoms with Crippen molar-refractivity contribution < 1.29 is 13.2 Å². The monoisotopic (exact) mass is 358 g/mol. The Balaban J connectivity index is 1.85. The number of hydrogen-bond donors (Lipinski definition) is 2. The fourth-order valence-electron chi connectivity index (χ4n) is 2.47. The summed E-state index contributed by atoms with van der Waals surface area (Å²) in [6, 6.07) is 12.0. The van der Waals surface area contributed by atoms with Crippen molar-refractivity contribution in [1.29, 1.82) is 0 Å². The minimum atomic E-state index is -3.68. The van der Waals surface area contributed by atoms with Crippen molar-refractivity contribution in [2.24, 2.45) is 5.14 Å². The van der Waals surface area contributed by atoms with Gasteiger partial charge in [-0.3, -0.25) is 0 Å². The van der Waals surface area contributed by atoms with Gasteiger partial charge in [0.2, 0.25) is 10.0 Å². The van der Waals surface area contributed by atoms with Crippen LogP contribution >= 0.6 is 0 Å². The first-order valence-electron chi connectivity index (χ1n) is 7.55. The largest absolute Gasteiger partial charge is 0.497 e. The van der Waals surface area contributed by atoms with Crippen LogP contribution in [0.15, 0.2) is 47.4 Å². The molecule has 3 aromatic rings. The third-order valence-corrected chi connectivity index (χ3v) is 4.66. The van der Waals surface area contributed by atoms with Crippen molar-refractivity contribution in [1.82, 2.24) is 9.97 Å². The summed E-state index contributed by atoms with van der Waals surface area (Å²) in [5.74, 6) is 2.09. The zero-order chi connectivity index (χ0) is 18.0. The van der Waals surface area contributed by atoms with Crippen LogP contribution in [0.2, 0.25) is 0 Å². The van der Waals surface area contributed by atoms with Crippen molar-refractivity contribution >= 4 is 26.7 Å². The summed E-state index contributed by atoms with van der Waals surface area (Å²) in [6.45, 7) is 2.31. The standard InChI is InChI=1S/C17H18N4O3S/c1-11-20-16-9-13(24-2)5-8-15(16)17(21-11)19-10-12-3-6-14(7-4-12)25(18,22)23/h3-9H,10H2,1-2H3,(H2,18,22,23)(H,19,20,21). The highest BCUT2D eigenvalue weighted by atomic mass is 32.2. The highest BCUT2D eigenvalue weighted by Crippen LogP contribution is 2.25. The molecule has 0 aliphatic rings. The van der Waals surface area contributed by atoms with Gasteiger partial charge in [-0.1, -0.05) is 12.1 Å². The second-order valence-corrected chi connectivity index (χ2v) is 7.11. The van der Waals surface area contributed by atoms with E-state index in [1.54, 1.807) is 19.2 Å². The molecule has 1 heterocycles. The molecule has 0 unspecified atom stereocenters. The number of rotatable bonds is 5. The van der Waals surface area contributed by atoms with Gasteiger partial charge in [-0.2, -0.15) is 0 Å². The minimum Gasteiger partial charge on any atom is -0.497 e. The molecule has 130 valence electrons. The van der Waals surface area contributed by atoms with E-state index in [1.807, 2.05) is 25.1 Å². The maximum absolute atomic E-state index is 11.3. The average molecular weight is 358 g/mol. The maximum Gasteiger partial charge on any atom is 0.238 e. The number of benzene rings is 2. The Bertz CT molecular complexity index is 1020. The zero-order valence-electron chi connectivity index (χ0n) is 13.9. The molecule has 3 rings (SSSR count). The second-order valence-electron chi connectivity index (χ2n) is 5.55. The molecule has 0 atom stereocenters. The fraction of sp³-hybridized carbons (Fsp3) is 0.176. The highest BCUT2D eigenvalue weighted by Gasteiger charge is 2.09. The van der Waals surface area contributed by atoms with Crippen molar-refractivity contribution in [3.05, 3.63) is 53.9 Å². The number of aromatic nitrogens is 2. The number of aryl methyl sites for hydroxylation is 1. The normalized spacial score (nSPS) is 11.5. The molecule has 0 spiro atoms. The molecule has 0 bridgehead atoms. The number of nitrogens with two attached hydrogens (primary N) is 1. The lowest BCUT2D eigenvalue weighted by Crippen LogP contribution is -2.12. The van der Waals surface area contributed by atoms with Crippen LogP contribution in [0, 0.1) is 6.92 Å². The summed E-state index contributed by atoms with van der Waals surface area (Å²) >= 11 is 0. The summed E-state index contributed by atoms with van der Waals surface area (Å²) in [5.41, 5.74) is 1.70. The van der Waals surface area contributed by atoms with Gasteiger partial charge in [-0.15, -0.1) is 0 Å². The van der Waals surface area contributed by atoms with Gasteiger partial charge >= 0.3 is 0 Å². The molecule has 25 heavy (non-hydrogen) atoms. The topological polar surface area (TPSA) is 107 Å². The van der Waals surface area contributed by atoms with Crippen LogP contribution in [-0.4, -0.2) is 25.5 Å².